The highest BCUT2D eigenvalue weighted by molar-refractivity contribution is 6.11. The van der Waals surface area contributed by atoms with Crippen molar-refractivity contribution in [3.63, 3.8) is 0 Å². The number of oxazole rings is 2. The molecule has 0 aliphatic carbocycles. The lowest BCUT2D eigenvalue weighted by atomic mass is 10.0. The zero-order valence-electron chi connectivity index (χ0n) is 19.3. The van der Waals surface area contributed by atoms with Gasteiger partial charge in [-0.25, -0.2) is 9.97 Å². The smallest absolute Gasteiger partial charge is 0.199 e. The van der Waals surface area contributed by atoms with Crippen molar-refractivity contribution in [3.05, 3.63) is 119 Å². The van der Waals surface area contributed by atoms with Crippen LogP contribution in [0, 0.1) is 0 Å². The third kappa shape index (κ3) is 4.30. The highest BCUT2D eigenvalue weighted by atomic mass is 16.4. The zero-order chi connectivity index (χ0) is 24.6. The molecule has 0 saturated carbocycles. The lowest BCUT2D eigenvalue weighted by molar-refractivity contribution is 0.103. The normalized spacial score (nSPS) is 11.3. The van der Waals surface area contributed by atoms with Gasteiger partial charge in [0.15, 0.2) is 28.7 Å². The van der Waals surface area contributed by atoms with E-state index in [9.17, 15) is 4.79 Å². The van der Waals surface area contributed by atoms with E-state index in [1.807, 2.05) is 48.5 Å². The van der Waals surface area contributed by atoms with Crippen molar-refractivity contribution in [1.29, 1.82) is 0 Å². The first kappa shape index (κ1) is 21.6. The van der Waals surface area contributed by atoms with Gasteiger partial charge in [0.2, 0.25) is 0 Å². The van der Waals surface area contributed by atoms with Crippen LogP contribution in [-0.2, 0) is 12.8 Å². The molecular formula is C29H22N4O3. The summed E-state index contributed by atoms with van der Waals surface area (Å²) < 4.78 is 11.8. The van der Waals surface area contributed by atoms with E-state index in [0.717, 1.165) is 11.1 Å². The van der Waals surface area contributed by atoms with Crippen LogP contribution in [0.3, 0.4) is 0 Å². The monoisotopic (exact) mass is 474 g/mol. The maximum Gasteiger partial charge on any atom is 0.199 e. The van der Waals surface area contributed by atoms with Crippen molar-refractivity contribution in [3.8, 4) is 0 Å². The topological polar surface area (TPSA) is 121 Å². The van der Waals surface area contributed by atoms with Gasteiger partial charge in [0, 0.05) is 35.3 Å². The molecule has 0 saturated heterocycles. The van der Waals surface area contributed by atoms with E-state index < -0.39 is 0 Å². The quantitative estimate of drug-likeness (QED) is 0.240. The second-order valence-electron chi connectivity index (χ2n) is 8.75. The van der Waals surface area contributed by atoms with Crippen LogP contribution >= 0.6 is 0 Å². The van der Waals surface area contributed by atoms with E-state index in [4.69, 9.17) is 20.3 Å². The summed E-state index contributed by atoms with van der Waals surface area (Å²) in [5.41, 5.74) is 18.7. The van der Waals surface area contributed by atoms with Crippen LogP contribution in [0.25, 0.3) is 22.2 Å². The van der Waals surface area contributed by atoms with Crippen molar-refractivity contribution < 1.29 is 13.6 Å². The van der Waals surface area contributed by atoms with E-state index in [0.29, 0.717) is 69.3 Å². The molecule has 176 valence electrons. The van der Waals surface area contributed by atoms with E-state index in [2.05, 4.69) is 9.97 Å². The first-order chi connectivity index (χ1) is 17.5. The Hall–Kier alpha value is -4.91. The maximum atomic E-state index is 13.3. The Morgan fingerprint density at radius 2 is 1.11 bits per heavy atom. The molecule has 4 aromatic carbocycles. The van der Waals surface area contributed by atoms with Gasteiger partial charge < -0.3 is 20.3 Å². The predicted molar refractivity (Wildman–Crippen MR) is 139 cm³/mol. The van der Waals surface area contributed by atoms with Gasteiger partial charge in [-0.2, -0.15) is 0 Å². The standard InChI is InChI=1S/C29H22N4O3/c30-21-5-1-3-17(11-21)13-27-32-23-15-19(7-9-25(23)35-27)29(34)20-8-10-26-24(16-20)33-28(36-26)14-18-4-2-6-22(31)12-18/h1-12,15-16H,13-14,30-31H2. The number of ketones is 1. The molecule has 0 fully saturated rings. The number of carbonyl (C=O) groups is 1. The maximum absolute atomic E-state index is 13.3. The van der Waals surface area contributed by atoms with Crippen LogP contribution in [0.5, 0.6) is 0 Å². The Labute approximate surface area is 206 Å². The number of anilines is 2. The summed E-state index contributed by atoms with van der Waals surface area (Å²) >= 11 is 0. The lowest BCUT2D eigenvalue weighted by Crippen LogP contribution is -2.01. The fourth-order valence-electron chi connectivity index (χ4n) is 4.31. The highest BCUT2D eigenvalue weighted by Crippen LogP contribution is 2.24. The average Bonchev–Trinajstić information content (AvgIpc) is 3.45. The number of aromatic nitrogens is 2. The number of benzene rings is 4. The fourth-order valence-corrected chi connectivity index (χ4v) is 4.31. The molecule has 0 aliphatic rings. The second kappa shape index (κ2) is 8.70. The van der Waals surface area contributed by atoms with Crippen LogP contribution in [0.15, 0.2) is 93.8 Å². The molecule has 7 heteroatoms. The number of carbonyl (C=O) groups excluding carboxylic acids is 1. The minimum absolute atomic E-state index is 0.125. The van der Waals surface area contributed by atoms with Crippen LogP contribution in [0.4, 0.5) is 11.4 Å². The predicted octanol–water partition coefficient (Wildman–Crippen LogP) is 5.55. The van der Waals surface area contributed by atoms with Crippen LogP contribution in [0.2, 0.25) is 0 Å². The van der Waals surface area contributed by atoms with E-state index >= 15 is 0 Å². The van der Waals surface area contributed by atoms with Gasteiger partial charge in [0.25, 0.3) is 0 Å². The molecule has 7 nitrogen and oxygen atoms in total. The first-order valence-electron chi connectivity index (χ1n) is 11.5. The van der Waals surface area contributed by atoms with Gasteiger partial charge in [-0.3, -0.25) is 4.79 Å². The Morgan fingerprint density at radius 3 is 1.56 bits per heavy atom. The highest BCUT2D eigenvalue weighted by Gasteiger charge is 2.15. The summed E-state index contributed by atoms with van der Waals surface area (Å²) in [5, 5.41) is 0. The molecule has 0 radical (unpaired) electrons. The summed E-state index contributed by atoms with van der Waals surface area (Å²) in [6.45, 7) is 0. The first-order valence-corrected chi connectivity index (χ1v) is 11.5. The minimum Gasteiger partial charge on any atom is -0.440 e. The summed E-state index contributed by atoms with van der Waals surface area (Å²) in [7, 11) is 0. The molecule has 0 aliphatic heterocycles. The summed E-state index contributed by atoms with van der Waals surface area (Å²) in [6.07, 6.45) is 1.04. The largest absolute Gasteiger partial charge is 0.440 e. The van der Waals surface area contributed by atoms with E-state index in [1.165, 1.54) is 0 Å². The molecule has 0 spiro atoms. The average molecular weight is 475 g/mol. The summed E-state index contributed by atoms with van der Waals surface area (Å²) in [6, 6.07) is 25.8. The number of fused-ring (bicyclic) bond motifs is 2. The van der Waals surface area contributed by atoms with Gasteiger partial charge >= 0.3 is 0 Å². The number of rotatable bonds is 6. The third-order valence-electron chi connectivity index (χ3n) is 6.00. The van der Waals surface area contributed by atoms with Crippen molar-refractivity contribution in [2.75, 3.05) is 11.5 Å². The van der Waals surface area contributed by atoms with Crippen molar-refractivity contribution in [2.24, 2.45) is 0 Å². The molecular weight excluding hydrogens is 452 g/mol. The SMILES string of the molecule is Nc1cccc(Cc2nc3cc(C(=O)c4ccc5oc(Cc6cccc(N)c6)nc5c4)ccc3o2)c1. The zero-order valence-corrected chi connectivity index (χ0v) is 19.3. The van der Waals surface area contributed by atoms with Crippen molar-refractivity contribution >= 4 is 39.4 Å². The van der Waals surface area contributed by atoms with Gasteiger partial charge in [0.1, 0.15) is 11.0 Å². The molecule has 0 atom stereocenters. The Balaban J connectivity index is 1.25. The third-order valence-corrected chi connectivity index (χ3v) is 6.00. The molecule has 0 unspecified atom stereocenters. The Morgan fingerprint density at radius 1 is 0.639 bits per heavy atom. The molecule has 2 aromatic heterocycles. The number of hydrogen-bond acceptors (Lipinski definition) is 7. The van der Waals surface area contributed by atoms with Crippen LogP contribution < -0.4 is 11.5 Å². The van der Waals surface area contributed by atoms with Gasteiger partial charge in [-0.05, 0) is 71.8 Å². The van der Waals surface area contributed by atoms with Crippen molar-refractivity contribution in [1.82, 2.24) is 9.97 Å². The Kier molecular flexibility index (Phi) is 5.22. The Bertz CT molecular complexity index is 1620. The summed E-state index contributed by atoms with van der Waals surface area (Å²) in [4.78, 5) is 22.4. The molecule has 36 heavy (non-hydrogen) atoms. The number of nitrogens with two attached hydrogens (primary N) is 2. The fraction of sp³-hybridized carbons (Fsp3) is 0.0690. The van der Waals surface area contributed by atoms with Gasteiger partial charge in [-0.15, -0.1) is 0 Å². The molecule has 0 bridgehead atoms. The van der Waals surface area contributed by atoms with E-state index in [1.54, 1.807) is 36.4 Å². The minimum atomic E-state index is -0.125. The molecule has 6 aromatic rings. The number of hydrogen-bond donors (Lipinski definition) is 2. The number of nitrogens with zero attached hydrogens (tertiary/aromatic N) is 2. The lowest BCUT2D eigenvalue weighted by Gasteiger charge is -2.00. The van der Waals surface area contributed by atoms with Crippen LogP contribution in [-0.4, -0.2) is 15.8 Å². The second-order valence-corrected chi connectivity index (χ2v) is 8.75. The van der Waals surface area contributed by atoms with Gasteiger partial charge in [-0.1, -0.05) is 24.3 Å². The van der Waals surface area contributed by atoms with Crippen LogP contribution in [0.1, 0.15) is 38.8 Å². The molecule has 4 N–H and O–H groups in total. The van der Waals surface area contributed by atoms with E-state index in [-0.39, 0.29) is 5.78 Å². The van der Waals surface area contributed by atoms with Gasteiger partial charge in [0.05, 0.1) is 0 Å². The summed E-state index contributed by atoms with van der Waals surface area (Å²) in [5.74, 6) is 1.01. The van der Waals surface area contributed by atoms with Crippen molar-refractivity contribution in [2.45, 2.75) is 12.8 Å². The molecule has 2 heterocycles. The molecule has 6 rings (SSSR count). The number of nitrogen functional groups attached to an aromatic ring is 2. The molecule has 0 amide bonds.